The molecule has 30 heavy (non-hydrogen) atoms. The standard InChI is InChI=1S/C21H13ClF2N6/c1-21(23,24)13-2-4-15(25-9-13)5-6-17-19-10-29-12-27-28-20(29)16-8-14(22)3-7-18(16)30(19)11-26-17/h2-4,7-9,11-12H,10H2,1H3. The lowest BCUT2D eigenvalue weighted by molar-refractivity contribution is 0.0171. The molecule has 0 saturated carbocycles. The maximum atomic E-state index is 13.4. The van der Waals surface area contributed by atoms with E-state index in [1.54, 1.807) is 18.7 Å². The molecule has 0 N–H and O–H groups in total. The molecule has 0 fully saturated rings. The first kappa shape index (κ1) is 18.5. The van der Waals surface area contributed by atoms with Crippen LogP contribution in [0.1, 0.15) is 29.6 Å². The van der Waals surface area contributed by atoms with E-state index in [1.165, 1.54) is 12.1 Å². The van der Waals surface area contributed by atoms with Crippen molar-refractivity contribution in [2.24, 2.45) is 0 Å². The number of hydrogen-bond acceptors (Lipinski definition) is 4. The molecule has 4 heterocycles. The molecule has 1 aliphatic heterocycles. The van der Waals surface area contributed by atoms with Crippen LogP contribution in [0.15, 0.2) is 49.2 Å². The fraction of sp³-hybridized carbons (Fsp3) is 0.143. The smallest absolute Gasteiger partial charge is 0.272 e. The molecule has 3 aromatic heterocycles. The van der Waals surface area contributed by atoms with Crippen molar-refractivity contribution in [1.82, 2.24) is 29.3 Å². The molecule has 0 bridgehead atoms. The van der Waals surface area contributed by atoms with Gasteiger partial charge in [-0.25, -0.2) is 18.7 Å². The number of nitrogens with zero attached hydrogens (tertiary/aromatic N) is 6. The van der Waals surface area contributed by atoms with Crippen molar-refractivity contribution in [3.05, 3.63) is 76.9 Å². The summed E-state index contributed by atoms with van der Waals surface area (Å²) in [4.78, 5) is 8.46. The van der Waals surface area contributed by atoms with Gasteiger partial charge in [0.2, 0.25) is 0 Å². The third-order valence-corrected chi connectivity index (χ3v) is 5.08. The molecule has 0 aliphatic carbocycles. The van der Waals surface area contributed by atoms with Gasteiger partial charge in [-0.3, -0.25) is 4.57 Å². The Hall–Kier alpha value is -3.57. The average Bonchev–Trinajstić information content (AvgIpc) is 3.31. The Morgan fingerprint density at radius 3 is 2.73 bits per heavy atom. The minimum atomic E-state index is -2.94. The second-order valence-corrected chi connectivity index (χ2v) is 7.36. The van der Waals surface area contributed by atoms with Crippen molar-refractivity contribution in [2.75, 3.05) is 0 Å². The zero-order valence-corrected chi connectivity index (χ0v) is 16.4. The second kappa shape index (κ2) is 6.75. The van der Waals surface area contributed by atoms with Gasteiger partial charge in [0.05, 0.1) is 17.9 Å². The lowest BCUT2D eigenvalue weighted by Crippen LogP contribution is -2.07. The lowest BCUT2D eigenvalue weighted by Gasteiger charge is -2.08. The largest absolute Gasteiger partial charge is 0.307 e. The van der Waals surface area contributed by atoms with Crippen molar-refractivity contribution < 1.29 is 8.78 Å². The van der Waals surface area contributed by atoms with Gasteiger partial charge in [0.15, 0.2) is 5.82 Å². The molecule has 0 amide bonds. The molecule has 6 nitrogen and oxygen atoms in total. The zero-order chi connectivity index (χ0) is 20.9. The van der Waals surface area contributed by atoms with Gasteiger partial charge in [0.1, 0.15) is 24.0 Å². The summed E-state index contributed by atoms with van der Waals surface area (Å²) in [5, 5.41) is 8.84. The van der Waals surface area contributed by atoms with Crippen LogP contribution >= 0.6 is 11.6 Å². The topological polar surface area (TPSA) is 61.4 Å². The highest BCUT2D eigenvalue weighted by Crippen LogP contribution is 2.33. The summed E-state index contributed by atoms with van der Waals surface area (Å²) in [5.41, 5.74) is 3.35. The summed E-state index contributed by atoms with van der Waals surface area (Å²) < 4.78 is 30.6. The van der Waals surface area contributed by atoms with E-state index >= 15 is 0 Å². The SMILES string of the molecule is CC(F)(F)c1ccc(C#Cc2ncn3c2Cn2cnnc2-c2cc(Cl)ccc2-3)nc1. The summed E-state index contributed by atoms with van der Waals surface area (Å²) in [6.07, 6.45) is 4.48. The second-order valence-electron chi connectivity index (χ2n) is 6.92. The monoisotopic (exact) mass is 422 g/mol. The molecule has 0 unspecified atom stereocenters. The van der Waals surface area contributed by atoms with Gasteiger partial charge in [-0.2, -0.15) is 0 Å². The molecule has 0 atom stereocenters. The highest BCUT2D eigenvalue weighted by molar-refractivity contribution is 6.31. The van der Waals surface area contributed by atoms with Gasteiger partial charge in [-0.1, -0.05) is 11.6 Å². The van der Waals surface area contributed by atoms with Crippen LogP contribution in [0.5, 0.6) is 0 Å². The van der Waals surface area contributed by atoms with Crippen molar-refractivity contribution in [1.29, 1.82) is 0 Å². The van der Waals surface area contributed by atoms with E-state index < -0.39 is 5.92 Å². The summed E-state index contributed by atoms with van der Waals surface area (Å²) in [6, 6.07) is 8.34. The number of hydrogen-bond donors (Lipinski definition) is 0. The number of fused-ring (bicyclic) bond motifs is 5. The Balaban J connectivity index is 1.57. The summed E-state index contributed by atoms with van der Waals surface area (Å²) in [6.45, 7) is 1.30. The van der Waals surface area contributed by atoms with Crippen molar-refractivity contribution >= 4 is 11.6 Å². The van der Waals surface area contributed by atoms with Crippen LogP contribution in [0.3, 0.4) is 0 Å². The molecular formula is C21H13ClF2N6. The lowest BCUT2D eigenvalue weighted by atomic mass is 10.1. The number of halogens is 3. The van der Waals surface area contributed by atoms with Crippen LogP contribution in [-0.4, -0.2) is 29.3 Å². The quantitative estimate of drug-likeness (QED) is 0.382. The van der Waals surface area contributed by atoms with E-state index in [-0.39, 0.29) is 5.56 Å². The minimum Gasteiger partial charge on any atom is -0.307 e. The Bertz CT molecular complexity index is 1320. The Labute approximate surface area is 175 Å². The average molecular weight is 423 g/mol. The molecular weight excluding hydrogens is 410 g/mol. The summed E-state index contributed by atoms with van der Waals surface area (Å²) in [5.74, 6) is 3.68. The summed E-state index contributed by atoms with van der Waals surface area (Å²) in [7, 11) is 0. The Morgan fingerprint density at radius 2 is 1.97 bits per heavy atom. The molecule has 5 rings (SSSR count). The number of aromatic nitrogens is 6. The number of benzene rings is 1. The van der Waals surface area contributed by atoms with E-state index in [0.29, 0.717) is 28.8 Å². The zero-order valence-electron chi connectivity index (χ0n) is 15.6. The number of rotatable bonds is 1. The maximum Gasteiger partial charge on any atom is 0.272 e. The fourth-order valence-corrected chi connectivity index (χ4v) is 3.50. The van der Waals surface area contributed by atoms with Crippen LogP contribution in [0.4, 0.5) is 8.78 Å². The molecule has 0 saturated heterocycles. The molecule has 0 spiro atoms. The van der Waals surface area contributed by atoms with E-state index in [1.807, 2.05) is 21.3 Å². The van der Waals surface area contributed by atoms with Gasteiger partial charge in [-0.05, 0) is 42.2 Å². The molecule has 9 heteroatoms. The Kier molecular flexibility index (Phi) is 4.15. The highest BCUT2D eigenvalue weighted by Gasteiger charge is 2.25. The maximum absolute atomic E-state index is 13.4. The van der Waals surface area contributed by atoms with Crippen LogP contribution < -0.4 is 0 Å². The number of pyridine rings is 1. The van der Waals surface area contributed by atoms with E-state index in [9.17, 15) is 8.78 Å². The normalized spacial score (nSPS) is 12.3. The van der Waals surface area contributed by atoms with Crippen LogP contribution in [0, 0.1) is 11.8 Å². The molecule has 1 aromatic carbocycles. The number of imidazole rings is 1. The predicted octanol–water partition coefficient (Wildman–Crippen LogP) is 4.05. The van der Waals surface area contributed by atoms with Crippen molar-refractivity contribution in [3.63, 3.8) is 0 Å². The molecule has 1 aliphatic rings. The third-order valence-electron chi connectivity index (χ3n) is 4.84. The Morgan fingerprint density at radius 1 is 1.10 bits per heavy atom. The van der Waals surface area contributed by atoms with Crippen molar-refractivity contribution in [2.45, 2.75) is 19.4 Å². The van der Waals surface area contributed by atoms with Gasteiger partial charge >= 0.3 is 0 Å². The number of alkyl halides is 2. The van der Waals surface area contributed by atoms with Crippen molar-refractivity contribution in [3.8, 4) is 28.9 Å². The molecule has 4 aromatic rings. The van der Waals surface area contributed by atoms with E-state index in [2.05, 4.69) is 32.0 Å². The van der Waals surface area contributed by atoms with E-state index in [0.717, 1.165) is 30.1 Å². The fourth-order valence-electron chi connectivity index (χ4n) is 3.33. The predicted molar refractivity (Wildman–Crippen MR) is 106 cm³/mol. The van der Waals surface area contributed by atoms with Gasteiger partial charge < -0.3 is 4.57 Å². The first-order valence-corrected chi connectivity index (χ1v) is 9.38. The van der Waals surface area contributed by atoms with Crippen LogP contribution in [-0.2, 0) is 12.5 Å². The van der Waals surface area contributed by atoms with Gasteiger partial charge in [-0.15, -0.1) is 10.2 Å². The van der Waals surface area contributed by atoms with Gasteiger partial charge in [0.25, 0.3) is 5.92 Å². The third kappa shape index (κ3) is 3.13. The van der Waals surface area contributed by atoms with E-state index in [4.69, 9.17) is 11.6 Å². The summed E-state index contributed by atoms with van der Waals surface area (Å²) >= 11 is 6.19. The van der Waals surface area contributed by atoms with Gasteiger partial charge in [0, 0.05) is 29.3 Å². The first-order valence-electron chi connectivity index (χ1n) is 9.01. The molecule has 148 valence electrons. The van der Waals surface area contributed by atoms with Crippen LogP contribution in [0.25, 0.3) is 17.1 Å². The van der Waals surface area contributed by atoms with Crippen LogP contribution in [0.2, 0.25) is 5.02 Å². The first-order chi connectivity index (χ1) is 14.4. The molecule has 0 radical (unpaired) electrons. The highest BCUT2D eigenvalue weighted by atomic mass is 35.5. The minimum absolute atomic E-state index is 0.153.